The zero-order valence-corrected chi connectivity index (χ0v) is 17.1. The van der Waals surface area contributed by atoms with Gasteiger partial charge in [-0.1, -0.05) is 12.1 Å². The van der Waals surface area contributed by atoms with Crippen LogP contribution in [0.25, 0.3) is 10.2 Å². The fraction of sp³-hybridized carbons (Fsp3) is 0.350. The van der Waals surface area contributed by atoms with Gasteiger partial charge in [0.25, 0.3) is 5.56 Å². The molecule has 2 N–H and O–H groups in total. The molecule has 0 fully saturated rings. The number of thiophene rings is 1. The minimum Gasteiger partial charge on any atom is -0.492 e. The van der Waals surface area contributed by atoms with Crippen LogP contribution in [0, 0.1) is 6.92 Å². The van der Waals surface area contributed by atoms with Crippen LogP contribution < -0.4 is 15.6 Å². The van der Waals surface area contributed by atoms with Gasteiger partial charge in [-0.3, -0.25) is 4.79 Å². The molecule has 28 heavy (non-hydrogen) atoms. The third kappa shape index (κ3) is 3.87. The lowest BCUT2D eigenvalue weighted by Gasteiger charge is -2.17. The van der Waals surface area contributed by atoms with Crippen LogP contribution in [0.4, 0.5) is 5.69 Å². The van der Waals surface area contributed by atoms with Crippen LogP contribution in [0.5, 0.6) is 5.75 Å². The molecule has 8 heteroatoms. The molecular formula is C20H23N3O4S. The van der Waals surface area contributed by atoms with E-state index in [9.17, 15) is 9.59 Å². The highest BCUT2D eigenvalue weighted by Crippen LogP contribution is 2.30. The summed E-state index contributed by atoms with van der Waals surface area (Å²) >= 11 is 1.18. The molecule has 1 unspecified atom stereocenters. The predicted octanol–water partition coefficient (Wildman–Crippen LogP) is 4.04. The first-order valence-corrected chi connectivity index (χ1v) is 9.96. The fourth-order valence-electron chi connectivity index (χ4n) is 2.93. The molecule has 0 amide bonds. The summed E-state index contributed by atoms with van der Waals surface area (Å²) in [7, 11) is 0. The van der Waals surface area contributed by atoms with E-state index >= 15 is 0 Å². The maximum atomic E-state index is 12.6. The lowest BCUT2D eigenvalue weighted by Crippen LogP contribution is -2.18. The topological polar surface area (TPSA) is 93.3 Å². The second-order valence-corrected chi connectivity index (χ2v) is 7.20. The van der Waals surface area contributed by atoms with Crippen molar-refractivity contribution in [3.63, 3.8) is 0 Å². The van der Waals surface area contributed by atoms with Crippen LogP contribution in [0.15, 0.2) is 29.1 Å². The standard InChI is InChI=1S/C20H23N3O4S/c1-5-26-14-10-8-7-9-13(14)21-12(4)17-22-18(24)15-11(3)16(20(25)27-6-2)28-19(15)23-17/h7-10,12,21H,5-6H2,1-4H3,(H,22,23,24). The van der Waals surface area contributed by atoms with Crippen LogP contribution in [0.2, 0.25) is 0 Å². The molecule has 3 rings (SSSR count). The number of para-hydroxylation sites is 2. The minimum absolute atomic E-state index is 0.268. The lowest BCUT2D eigenvalue weighted by atomic mass is 10.2. The van der Waals surface area contributed by atoms with Gasteiger partial charge in [-0.05, 0) is 45.4 Å². The molecule has 0 aliphatic heterocycles. The number of aromatic amines is 1. The number of ether oxygens (including phenoxy) is 2. The Kier molecular flexibility index (Phi) is 5.99. The number of aromatic nitrogens is 2. The zero-order valence-electron chi connectivity index (χ0n) is 16.3. The van der Waals surface area contributed by atoms with E-state index in [1.54, 1.807) is 13.8 Å². The largest absolute Gasteiger partial charge is 0.492 e. The third-order valence-corrected chi connectivity index (χ3v) is 5.41. The second-order valence-electron chi connectivity index (χ2n) is 6.20. The average Bonchev–Trinajstić information content (AvgIpc) is 3.01. The van der Waals surface area contributed by atoms with E-state index in [1.807, 2.05) is 38.1 Å². The van der Waals surface area contributed by atoms with Gasteiger partial charge in [0.1, 0.15) is 21.3 Å². The summed E-state index contributed by atoms with van der Waals surface area (Å²) < 4.78 is 10.7. The molecular weight excluding hydrogens is 378 g/mol. The Morgan fingerprint density at radius 1 is 1.29 bits per heavy atom. The number of esters is 1. The zero-order chi connectivity index (χ0) is 20.3. The number of hydrogen-bond acceptors (Lipinski definition) is 7. The molecule has 2 heterocycles. The van der Waals surface area contributed by atoms with Crippen molar-refractivity contribution in [2.24, 2.45) is 0 Å². The summed E-state index contributed by atoms with van der Waals surface area (Å²) in [6.45, 7) is 8.15. The number of hydrogen-bond donors (Lipinski definition) is 2. The molecule has 0 radical (unpaired) electrons. The van der Waals surface area contributed by atoms with Crippen molar-refractivity contribution >= 4 is 33.2 Å². The summed E-state index contributed by atoms with van der Waals surface area (Å²) in [6, 6.07) is 7.33. The second kappa shape index (κ2) is 8.43. The van der Waals surface area contributed by atoms with Gasteiger partial charge in [-0.25, -0.2) is 9.78 Å². The summed E-state index contributed by atoms with van der Waals surface area (Å²) in [5, 5.41) is 3.75. The van der Waals surface area contributed by atoms with Gasteiger partial charge < -0.3 is 19.8 Å². The smallest absolute Gasteiger partial charge is 0.348 e. The van der Waals surface area contributed by atoms with E-state index < -0.39 is 5.97 Å². The van der Waals surface area contributed by atoms with Crippen molar-refractivity contribution in [3.05, 3.63) is 50.9 Å². The van der Waals surface area contributed by atoms with Crippen molar-refractivity contribution < 1.29 is 14.3 Å². The number of anilines is 1. The van der Waals surface area contributed by atoms with E-state index in [4.69, 9.17) is 9.47 Å². The molecule has 1 atom stereocenters. The number of nitrogens with one attached hydrogen (secondary N) is 2. The van der Waals surface area contributed by atoms with E-state index in [-0.39, 0.29) is 18.2 Å². The molecule has 7 nitrogen and oxygen atoms in total. The van der Waals surface area contributed by atoms with Crippen LogP contribution in [-0.2, 0) is 4.74 Å². The van der Waals surface area contributed by atoms with Crippen molar-refractivity contribution in [1.82, 2.24) is 9.97 Å². The minimum atomic E-state index is -0.430. The van der Waals surface area contributed by atoms with Crippen molar-refractivity contribution in [2.75, 3.05) is 18.5 Å². The van der Waals surface area contributed by atoms with E-state index in [2.05, 4.69) is 15.3 Å². The Balaban J connectivity index is 1.96. The number of benzene rings is 1. The summed E-state index contributed by atoms with van der Waals surface area (Å²) in [4.78, 5) is 33.1. The van der Waals surface area contributed by atoms with Gasteiger partial charge in [0, 0.05) is 0 Å². The molecule has 148 valence electrons. The summed E-state index contributed by atoms with van der Waals surface area (Å²) in [6.07, 6.45) is 0. The Labute approximate surface area is 166 Å². The Bertz CT molecular complexity index is 1060. The maximum absolute atomic E-state index is 12.6. The quantitative estimate of drug-likeness (QED) is 0.581. The SMILES string of the molecule is CCOC(=O)c1sc2nc(C(C)Nc3ccccc3OCC)[nH]c(=O)c2c1C. The van der Waals surface area contributed by atoms with Crippen LogP contribution in [0.3, 0.4) is 0 Å². The molecule has 0 saturated heterocycles. The number of aryl methyl sites for hydroxylation is 1. The molecule has 3 aromatic rings. The highest BCUT2D eigenvalue weighted by Gasteiger charge is 2.21. The fourth-order valence-corrected chi connectivity index (χ4v) is 4.01. The van der Waals surface area contributed by atoms with Crippen LogP contribution in [-0.4, -0.2) is 29.2 Å². The van der Waals surface area contributed by atoms with Gasteiger partial charge in [-0.15, -0.1) is 11.3 Å². The third-order valence-electron chi connectivity index (χ3n) is 4.25. The van der Waals surface area contributed by atoms with Gasteiger partial charge in [0.2, 0.25) is 0 Å². The van der Waals surface area contributed by atoms with E-state index in [1.165, 1.54) is 11.3 Å². The first kappa shape index (κ1) is 19.9. The summed E-state index contributed by atoms with van der Waals surface area (Å²) in [5.74, 6) is 0.790. The van der Waals surface area contributed by atoms with Crippen molar-refractivity contribution in [2.45, 2.75) is 33.7 Å². The molecule has 0 spiro atoms. The highest BCUT2D eigenvalue weighted by molar-refractivity contribution is 7.20. The Morgan fingerprint density at radius 3 is 2.75 bits per heavy atom. The van der Waals surface area contributed by atoms with Gasteiger partial charge in [0.15, 0.2) is 0 Å². The summed E-state index contributed by atoms with van der Waals surface area (Å²) in [5.41, 5.74) is 1.14. The van der Waals surface area contributed by atoms with Gasteiger partial charge in [0.05, 0.1) is 30.3 Å². The molecule has 0 aliphatic carbocycles. The molecule has 0 bridgehead atoms. The molecule has 2 aromatic heterocycles. The Hall–Kier alpha value is -2.87. The number of H-pyrrole nitrogens is 1. The highest BCUT2D eigenvalue weighted by atomic mass is 32.1. The maximum Gasteiger partial charge on any atom is 0.348 e. The van der Waals surface area contributed by atoms with E-state index in [0.29, 0.717) is 33.1 Å². The number of carbonyl (C=O) groups excluding carboxylic acids is 1. The van der Waals surface area contributed by atoms with Gasteiger partial charge in [-0.2, -0.15) is 0 Å². The van der Waals surface area contributed by atoms with Crippen molar-refractivity contribution in [1.29, 1.82) is 0 Å². The first-order chi connectivity index (χ1) is 13.5. The van der Waals surface area contributed by atoms with Crippen LogP contribution in [0.1, 0.15) is 47.9 Å². The number of nitrogens with zero attached hydrogens (tertiary/aromatic N) is 1. The first-order valence-electron chi connectivity index (χ1n) is 9.15. The van der Waals surface area contributed by atoms with Crippen LogP contribution >= 0.6 is 11.3 Å². The normalized spacial score (nSPS) is 12.0. The number of fused-ring (bicyclic) bond motifs is 1. The predicted molar refractivity (Wildman–Crippen MR) is 111 cm³/mol. The van der Waals surface area contributed by atoms with Gasteiger partial charge >= 0.3 is 5.97 Å². The van der Waals surface area contributed by atoms with E-state index in [0.717, 1.165) is 11.4 Å². The monoisotopic (exact) mass is 401 g/mol. The number of carbonyl (C=O) groups is 1. The molecule has 1 aromatic carbocycles. The van der Waals surface area contributed by atoms with Crippen molar-refractivity contribution in [3.8, 4) is 5.75 Å². The average molecular weight is 401 g/mol. The molecule has 0 saturated carbocycles. The lowest BCUT2D eigenvalue weighted by molar-refractivity contribution is 0.0531. The number of rotatable bonds is 7. The molecule has 0 aliphatic rings. The Morgan fingerprint density at radius 2 is 2.04 bits per heavy atom.